The molecule has 2 N–H and O–H groups in total. The quantitative estimate of drug-likeness (QED) is 0.887. The minimum atomic E-state index is -0.0238. The van der Waals surface area contributed by atoms with Crippen LogP contribution in [-0.4, -0.2) is 29.9 Å². The lowest BCUT2D eigenvalue weighted by Crippen LogP contribution is -2.40. The molecule has 2 rings (SSSR count). The highest BCUT2D eigenvalue weighted by molar-refractivity contribution is 9.10. The van der Waals surface area contributed by atoms with Crippen molar-refractivity contribution in [2.24, 2.45) is 5.73 Å². The molecule has 0 bridgehead atoms. The van der Waals surface area contributed by atoms with Crippen molar-refractivity contribution < 1.29 is 4.79 Å². The maximum absolute atomic E-state index is 12.4. The number of hydrogen-bond donors (Lipinski definition) is 1. The van der Waals surface area contributed by atoms with E-state index in [-0.39, 0.29) is 24.4 Å². The Labute approximate surface area is 126 Å². The summed E-state index contributed by atoms with van der Waals surface area (Å²) >= 11 is 9.46. The van der Waals surface area contributed by atoms with E-state index in [0.29, 0.717) is 17.1 Å². The molecule has 6 heteroatoms. The van der Waals surface area contributed by atoms with Gasteiger partial charge in [0.2, 0.25) is 0 Å². The smallest absolute Gasteiger partial charge is 0.255 e. The van der Waals surface area contributed by atoms with Crippen molar-refractivity contribution in [2.75, 3.05) is 13.1 Å². The van der Waals surface area contributed by atoms with E-state index in [4.69, 9.17) is 17.3 Å². The van der Waals surface area contributed by atoms with Gasteiger partial charge in [-0.2, -0.15) is 0 Å². The number of nitrogens with zero attached hydrogens (tertiary/aromatic N) is 1. The molecule has 1 saturated heterocycles. The largest absolute Gasteiger partial charge is 0.334 e. The number of nitrogens with two attached hydrogens (primary N) is 1. The molecule has 1 aromatic carbocycles. The van der Waals surface area contributed by atoms with E-state index >= 15 is 0 Å². The van der Waals surface area contributed by atoms with Gasteiger partial charge < -0.3 is 10.6 Å². The maximum atomic E-state index is 12.4. The number of carbonyl (C=O) groups excluding carboxylic acids is 1. The lowest BCUT2D eigenvalue weighted by Gasteiger charge is -2.24. The number of likely N-dealkylation sites (tertiary alicyclic amines) is 1. The minimum absolute atomic E-state index is 0. The van der Waals surface area contributed by atoms with Crippen LogP contribution in [0.15, 0.2) is 22.7 Å². The van der Waals surface area contributed by atoms with Crippen molar-refractivity contribution >= 4 is 45.8 Å². The third kappa shape index (κ3) is 2.99. The number of carbonyl (C=O) groups is 1. The topological polar surface area (TPSA) is 46.3 Å². The predicted molar refractivity (Wildman–Crippen MR) is 79.5 cm³/mol. The second-order valence-electron chi connectivity index (χ2n) is 4.13. The molecule has 18 heavy (non-hydrogen) atoms. The maximum Gasteiger partial charge on any atom is 0.255 e. The second-order valence-corrected chi connectivity index (χ2v) is 5.36. The van der Waals surface area contributed by atoms with Crippen LogP contribution in [0.2, 0.25) is 5.02 Å². The molecule has 1 fully saturated rings. The summed E-state index contributed by atoms with van der Waals surface area (Å²) in [5.74, 6) is -0.0238. The Balaban J connectivity index is 0.00000162. The third-order valence-corrected chi connectivity index (χ3v) is 4.39. The van der Waals surface area contributed by atoms with Crippen molar-refractivity contribution in [3.63, 3.8) is 0 Å². The second kappa shape index (κ2) is 6.75. The number of benzene rings is 1. The van der Waals surface area contributed by atoms with E-state index in [9.17, 15) is 4.79 Å². The highest BCUT2D eigenvalue weighted by atomic mass is 79.9. The van der Waals surface area contributed by atoms with Crippen molar-refractivity contribution in [3.8, 4) is 0 Å². The molecule has 0 radical (unpaired) electrons. The monoisotopic (exact) mass is 352 g/mol. The number of hydrogen-bond acceptors (Lipinski definition) is 2. The van der Waals surface area contributed by atoms with Crippen LogP contribution in [-0.2, 0) is 0 Å². The average Bonchev–Trinajstić information content (AvgIpc) is 2.80. The Morgan fingerprint density at radius 1 is 1.56 bits per heavy atom. The molecule has 0 saturated carbocycles. The fraction of sp³-hybridized carbons (Fsp3) is 0.417. The lowest BCUT2D eigenvalue weighted by molar-refractivity contribution is 0.0741. The normalized spacial score (nSPS) is 18.6. The van der Waals surface area contributed by atoms with Crippen molar-refractivity contribution in [2.45, 2.75) is 18.9 Å². The van der Waals surface area contributed by atoms with Gasteiger partial charge in [-0.05, 0) is 40.9 Å². The standard InChI is InChI=1S/C12H14BrClN2O.ClH/c13-10-5-1-4-9(11(10)14)12(17)16-6-2-3-8(16)7-15;/h1,4-5,8H,2-3,6-7,15H2;1H. The Morgan fingerprint density at radius 2 is 2.28 bits per heavy atom. The first-order chi connectivity index (χ1) is 8.15. The SMILES string of the molecule is Cl.NCC1CCCN1C(=O)c1cccc(Br)c1Cl. The van der Waals surface area contributed by atoms with Gasteiger partial charge in [-0.1, -0.05) is 17.7 Å². The summed E-state index contributed by atoms with van der Waals surface area (Å²) in [4.78, 5) is 14.2. The first-order valence-electron chi connectivity index (χ1n) is 5.60. The molecule has 3 nitrogen and oxygen atoms in total. The van der Waals surface area contributed by atoms with E-state index in [1.807, 2.05) is 17.0 Å². The molecule has 0 aliphatic carbocycles. The third-order valence-electron chi connectivity index (χ3n) is 3.09. The highest BCUT2D eigenvalue weighted by Gasteiger charge is 2.29. The van der Waals surface area contributed by atoms with Crippen LogP contribution < -0.4 is 5.73 Å². The zero-order chi connectivity index (χ0) is 12.4. The molecule has 1 amide bonds. The molecule has 0 aromatic heterocycles. The van der Waals surface area contributed by atoms with E-state index in [1.54, 1.807) is 6.07 Å². The number of amides is 1. The van der Waals surface area contributed by atoms with Gasteiger partial charge in [0.25, 0.3) is 5.91 Å². The van der Waals surface area contributed by atoms with Gasteiger partial charge in [0.05, 0.1) is 10.6 Å². The summed E-state index contributed by atoms with van der Waals surface area (Å²) in [6.07, 6.45) is 1.99. The average molecular weight is 354 g/mol. The fourth-order valence-corrected chi connectivity index (χ4v) is 2.74. The van der Waals surface area contributed by atoms with E-state index in [2.05, 4.69) is 15.9 Å². The molecule has 1 aliphatic rings. The van der Waals surface area contributed by atoms with Crippen LogP contribution in [0.25, 0.3) is 0 Å². The molecular weight excluding hydrogens is 339 g/mol. The molecule has 1 unspecified atom stereocenters. The van der Waals surface area contributed by atoms with Gasteiger partial charge in [-0.15, -0.1) is 12.4 Å². The molecule has 1 heterocycles. The summed E-state index contributed by atoms with van der Waals surface area (Å²) in [6.45, 7) is 1.28. The molecular formula is C12H15BrCl2N2O. The molecule has 1 aromatic rings. The molecule has 1 aliphatic heterocycles. The predicted octanol–water partition coefficient (Wildman–Crippen LogP) is 3.09. The van der Waals surface area contributed by atoms with E-state index in [1.165, 1.54) is 0 Å². The van der Waals surface area contributed by atoms with Crippen LogP contribution in [0.3, 0.4) is 0 Å². The van der Waals surface area contributed by atoms with Gasteiger partial charge in [0.1, 0.15) is 0 Å². The van der Waals surface area contributed by atoms with Crippen LogP contribution in [0, 0.1) is 0 Å². The number of rotatable bonds is 2. The lowest BCUT2D eigenvalue weighted by atomic mass is 10.1. The van der Waals surface area contributed by atoms with Gasteiger partial charge in [-0.3, -0.25) is 4.79 Å². The Bertz CT molecular complexity index is 442. The molecule has 100 valence electrons. The van der Waals surface area contributed by atoms with Crippen molar-refractivity contribution in [1.82, 2.24) is 4.90 Å². The Hall–Kier alpha value is -0.290. The minimum Gasteiger partial charge on any atom is -0.334 e. The zero-order valence-corrected chi connectivity index (χ0v) is 12.9. The van der Waals surface area contributed by atoms with Gasteiger partial charge in [0.15, 0.2) is 0 Å². The van der Waals surface area contributed by atoms with Gasteiger partial charge in [-0.25, -0.2) is 0 Å². The number of halogens is 3. The first-order valence-corrected chi connectivity index (χ1v) is 6.77. The van der Waals surface area contributed by atoms with E-state index in [0.717, 1.165) is 23.9 Å². The summed E-state index contributed by atoms with van der Waals surface area (Å²) in [5, 5.41) is 0.472. The zero-order valence-electron chi connectivity index (χ0n) is 9.73. The first kappa shape index (κ1) is 15.8. The summed E-state index contributed by atoms with van der Waals surface area (Å²) in [5.41, 5.74) is 6.21. The van der Waals surface area contributed by atoms with Crippen LogP contribution in [0.1, 0.15) is 23.2 Å². The highest BCUT2D eigenvalue weighted by Crippen LogP contribution is 2.28. The fourth-order valence-electron chi connectivity index (χ4n) is 2.17. The summed E-state index contributed by atoms with van der Waals surface area (Å²) < 4.78 is 0.744. The van der Waals surface area contributed by atoms with Crippen molar-refractivity contribution in [1.29, 1.82) is 0 Å². The Kier molecular flexibility index (Phi) is 5.92. The molecule has 1 atom stereocenters. The van der Waals surface area contributed by atoms with Gasteiger partial charge >= 0.3 is 0 Å². The van der Waals surface area contributed by atoms with Gasteiger partial charge in [0, 0.05) is 23.6 Å². The van der Waals surface area contributed by atoms with Crippen LogP contribution in [0.5, 0.6) is 0 Å². The summed E-state index contributed by atoms with van der Waals surface area (Å²) in [6, 6.07) is 5.54. The van der Waals surface area contributed by atoms with E-state index < -0.39 is 0 Å². The summed E-state index contributed by atoms with van der Waals surface area (Å²) in [7, 11) is 0. The van der Waals surface area contributed by atoms with Crippen molar-refractivity contribution in [3.05, 3.63) is 33.3 Å². The van der Waals surface area contributed by atoms with Crippen LogP contribution >= 0.6 is 39.9 Å². The Morgan fingerprint density at radius 3 is 2.94 bits per heavy atom. The van der Waals surface area contributed by atoms with Crippen LogP contribution in [0.4, 0.5) is 0 Å². The molecule has 0 spiro atoms.